The highest BCUT2D eigenvalue weighted by Gasteiger charge is 2.51. The molecule has 97 heavy (non-hydrogen) atoms. The molecule has 6 aliphatic rings. The highest BCUT2D eigenvalue weighted by atomic mass is 32.1. The van der Waals surface area contributed by atoms with Gasteiger partial charge in [0.1, 0.15) is 59.4 Å². The van der Waals surface area contributed by atoms with Gasteiger partial charge in [0.05, 0.1) is 56.8 Å². The molecular weight excluding hydrogens is 1270 g/mol. The Hall–Kier alpha value is -8.77. The summed E-state index contributed by atoms with van der Waals surface area (Å²) < 4.78 is 68.9. The van der Waals surface area contributed by atoms with Crippen molar-refractivity contribution in [2.24, 2.45) is 5.92 Å². The number of aliphatic hydroxyl groups excluding tert-OH is 1. The number of nitrogens with one attached hydrogen (secondary N) is 1. The number of aryl methyl sites for hydroxylation is 1. The third-order valence-electron chi connectivity index (χ3n) is 20.0. The van der Waals surface area contributed by atoms with Crippen LogP contribution in [0.5, 0.6) is 11.8 Å². The fraction of sp³-hybridized carbons (Fsp3) is 0.507. The van der Waals surface area contributed by atoms with E-state index < -0.39 is 46.9 Å². The maximum atomic E-state index is 17.9. The van der Waals surface area contributed by atoms with Gasteiger partial charge >= 0.3 is 18.2 Å². The number of methoxy groups -OCH3 is 1. The van der Waals surface area contributed by atoms with Crippen LogP contribution < -0.4 is 24.6 Å². The van der Waals surface area contributed by atoms with Crippen LogP contribution in [0.15, 0.2) is 70.8 Å². The van der Waals surface area contributed by atoms with Gasteiger partial charge in [-0.05, 0) is 120 Å². The van der Waals surface area contributed by atoms with Crippen LogP contribution in [0.4, 0.5) is 30.0 Å². The third kappa shape index (κ3) is 13.3. The molecule has 10 heterocycles. The number of pyridine rings is 1. The molecule has 2 N–H and O–H groups in total. The maximum absolute atomic E-state index is 17.9. The first-order chi connectivity index (χ1) is 46.6. The van der Waals surface area contributed by atoms with E-state index in [4.69, 9.17) is 49.6 Å². The lowest BCUT2D eigenvalue weighted by Crippen LogP contribution is -2.57. The zero-order valence-electron chi connectivity index (χ0n) is 55.9. The Labute approximate surface area is 565 Å². The van der Waals surface area contributed by atoms with Gasteiger partial charge in [-0.2, -0.15) is 9.97 Å². The number of aliphatic hydroxyl groups is 1. The van der Waals surface area contributed by atoms with Crippen molar-refractivity contribution in [3.8, 4) is 45.8 Å². The van der Waals surface area contributed by atoms with Gasteiger partial charge in [0, 0.05) is 88.6 Å². The number of anilines is 2. The van der Waals surface area contributed by atoms with Crippen molar-refractivity contribution in [2.75, 3.05) is 89.3 Å². The average Bonchev–Trinajstić information content (AvgIpc) is 1.53. The summed E-state index contributed by atoms with van der Waals surface area (Å²) in [6, 6.07) is 13.9. The molecule has 13 rings (SSSR count). The van der Waals surface area contributed by atoms with Crippen LogP contribution in [0.3, 0.4) is 0 Å². The number of amides is 4. The van der Waals surface area contributed by atoms with Crippen molar-refractivity contribution in [3.63, 3.8) is 0 Å². The van der Waals surface area contributed by atoms with Gasteiger partial charge in [0.2, 0.25) is 11.8 Å². The SMILES string of the molecule is C#Cc1c(F)ccc2cc(OCOC)cc(-c3ncc4c(N5CC6CCC(C5)N6C(=O)OC(C)(C)C)nc(OC[C@]56CCCN5[C@H](COC(=O)N5CCN(c7cc([C@H](C(=O)N8C[C@H](O)C[C@H]8C(=O)N[C@@H](C)c8ccc(-c9scnc9C)cc8)C(C)C)on7)CC5)CC6)nc4c3F)c12. The number of benzene rings is 3. The summed E-state index contributed by atoms with van der Waals surface area (Å²) in [4.78, 5) is 87.2. The largest absolute Gasteiger partial charge is 0.468 e. The highest BCUT2D eigenvalue weighted by Crippen LogP contribution is 2.45. The fourth-order valence-electron chi connectivity index (χ4n) is 15.2. The monoisotopic (exact) mass is 1350 g/mol. The lowest BCUT2D eigenvalue weighted by molar-refractivity contribution is -0.141. The second kappa shape index (κ2) is 27.3. The molecule has 0 saturated carbocycles. The molecule has 2 bridgehead atoms. The van der Waals surface area contributed by atoms with Gasteiger partial charge < -0.3 is 58.2 Å². The van der Waals surface area contributed by atoms with Crippen LogP contribution in [0.1, 0.15) is 121 Å². The van der Waals surface area contributed by atoms with E-state index in [2.05, 4.69) is 26.3 Å². The molecule has 7 aromatic rings. The van der Waals surface area contributed by atoms with Crippen molar-refractivity contribution < 1.29 is 61.3 Å². The summed E-state index contributed by atoms with van der Waals surface area (Å²) in [7, 11) is 1.48. The molecule has 2 unspecified atom stereocenters. The number of carbonyl (C=O) groups excluding carboxylic acids is 4. The van der Waals surface area contributed by atoms with Gasteiger partial charge in [-0.1, -0.05) is 55.3 Å². The number of halogens is 2. The Bertz CT molecular complexity index is 4160. The number of fused-ring (bicyclic) bond motifs is 5. The lowest BCUT2D eigenvalue weighted by atomic mass is 9.91. The molecule has 0 aliphatic carbocycles. The molecule has 512 valence electrons. The number of likely N-dealkylation sites (tertiary alicyclic amines) is 1. The van der Waals surface area contributed by atoms with E-state index >= 15 is 8.78 Å². The van der Waals surface area contributed by atoms with Crippen molar-refractivity contribution in [3.05, 3.63) is 101 Å². The van der Waals surface area contributed by atoms with Crippen LogP contribution in [-0.4, -0.2) is 195 Å². The molecule has 4 aromatic heterocycles. The van der Waals surface area contributed by atoms with Crippen LogP contribution in [0, 0.1) is 36.8 Å². The number of hydrogen-bond donors (Lipinski definition) is 2. The Morgan fingerprint density at radius 3 is 2.37 bits per heavy atom. The zero-order valence-corrected chi connectivity index (χ0v) is 56.7. The number of hydrogen-bond acceptors (Lipinski definition) is 20. The zero-order chi connectivity index (χ0) is 68.2. The predicted octanol–water partition coefficient (Wildman–Crippen LogP) is 10.0. The molecule has 6 aliphatic heterocycles. The van der Waals surface area contributed by atoms with E-state index in [9.17, 15) is 24.3 Å². The first-order valence-electron chi connectivity index (χ1n) is 33.4. The van der Waals surface area contributed by atoms with E-state index in [-0.39, 0.29) is 115 Å². The average molecular weight is 1350 g/mol. The van der Waals surface area contributed by atoms with Crippen molar-refractivity contribution in [1.29, 1.82) is 0 Å². The summed E-state index contributed by atoms with van der Waals surface area (Å²) in [5.41, 5.74) is 3.44. The van der Waals surface area contributed by atoms with Gasteiger partial charge in [-0.3, -0.25) is 24.4 Å². The number of carbonyl (C=O) groups is 4. The maximum Gasteiger partial charge on any atom is 0.410 e. The first kappa shape index (κ1) is 66.8. The fourth-order valence-corrected chi connectivity index (χ4v) is 16.0. The minimum atomic E-state index is -0.888. The Morgan fingerprint density at radius 1 is 0.907 bits per heavy atom. The topological polar surface area (TPSA) is 244 Å². The summed E-state index contributed by atoms with van der Waals surface area (Å²) >= 11 is 1.57. The summed E-state index contributed by atoms with van der Waals surface area (Å²) in [5, 5.41) is 19.4. The summed E-state index contributed by atoms with van der Waals surface area (Å²) in [5.74, 6) is 0.824. The highest BCUT2D eigenvalue weighted by molar-refractivity contribution is 7.13. The molecule has 0 radical (unpaired) electrons. The van der Waals surface area contributed by atoms with Crippen LogP contribution in [0.25, 0.3) is 43.4 Å². The number of aromatic nitrogens is 5. The van der Waals surface area contributed by atoms with Crippen LogP contribution in [0.2, 0.25) is 0 Å². The van der Waals surface area contributed by atoms with Crippen LogP contribution >= 0.6 is 11.3 Å². The lowest BCUT2D eigenvalue weighted by Gasteiger charge is -2.42. The van der Waals surface area contributed by atoms with E-state index in [0.29, 0.717) is 73.2 Å². The minimum absolute atomic E-state index is 0.00307. The predicted molar refractivity (Wildman–Crippen MR) is 359 cm³/mol. The molecule has 4 amide bonds. The number of ether oxygens (including phenoxy) is 5. The summed E-state index contributed by atoms with van der Waals surface area (Å²) in [6.45, 7) is 16.4. The molecule has 6 saturated heterocycles. The Kier molecular flexibility index (Phi) is 18.8. The van der Waals surface area contributed by atoms with Gasteiger partial charge in [-0.25, -0.2) is 23.4 Å². The summed E-state index contributed by atoms with van der Waals surface area (Å²) in [6.07, 6.45) is 10.4. The molecule has 6 fully saturated rings. The molecular formula is C71H82F2N12O11S. The second-order valence-corrected chi connectivity index (χ2v) is 28.6. The number of thiazole rings is 1. The molecule has 23 nitrogen and oxygen atoms in total. The van der Waals surface area contributed by atoms with Gasteiger partial charge in [0.15, 0.2) is 24.2 Å². The quantitative estimate of drug-likeness (QED) is 0.0599. The van der Waals surface area contributed by atoms with Crippen LogP contribution in [-0.2, 0) is 23.8 Å². The van der Waals surface area contributed by atoms with Gasteiger partial charge in [-0.15, -0.1) is 17.8 Å². The van der Waals surface area contributed by atoms with Crippen molar-refractivity contribution in [2.45, 2.75) is 147 Å². The third-order valence-corrected chi connectivity index (χ3v) is 21.0. The second-order valence-electron chi connectivity index (χ2n) is 27.8. The van der Waals surface area contributed by atoms with Crippen molar-refractivity contribution >= 4 is 68.6 Å². The molecule has 0 spiro atoms. The Morgan fingerprint density at radius 2 is 1.67 bits per heavy atom. The smallest absolute Gasteiger partial charge is 0.410 e. The number of rotatable bonds is 18. The first-order valence-corrected chi connectivity index (χ1v) is 34.3. The number of terminal acetylenes is 1. The Balaban J connectivity index is 0.663. The normalized spacial score (nSPS) is 22.5. The van der Waals surface area contributed by atoms with E-state index in [1.54, 1.807) is 40.5 Å². The van der Waals surface area contributed by atoms with E-state index in [1.807, 2.05) is 92.9 Å². The van der Waals surface area contributed by atoms with Crippen molar-refractivity contribution in [1.82, 2.24) is 50.0 Å². The minimum Gasteiger partial charge on any atom is -0.468 e. The molecule has 3 aromatic carbocycles. The number of nitrogens with zero attached hydrogens (tertiary/aromatic N) is 11. The standard InChI is InChI=1S/C71H82F2N12O11S/c1-10-51-54(72)19-16-45-28-50(94-39-91-9)30-52(59(45)51)61-60(73)62-53(32-74-61)64(82-33-46-17-18-47(34-82)85(46)69(90)95-70(6,7)8)78-67(77-62)93-37-71-21-11-23-84(71)48(20-22-71)36-92-68(89)81-26-24-80(25-27-81)57-31-56(96-79-57)58(40(2)3)66(88)83-35-49(86)29-55(83)65(87)76-41(4)43-12-14-44(15-13-43)63-42(5)75-38-97-63/h1,12-16,19,28,30-32,38,40-41,46-49,55,58,86H,11,17-18,20-27,29,33-37,39H2,2-9H3,(H,76,87)/t41-,46?,47?,48-,49+,55-,58+,71+/m0/s1. The molecule has 26 heteroatoms. The van der Waals surface area contributed by atoms with Gasteiger partial charge in [0.25, 0.3) is 0 Å². The van der Waals surface area contributed by atoms with E-state index in [0.717, 1.165) is 66.8 Å². The van der Waals surface area contributed by atoms with E-state index in [1.165, 1.54) is 24.3 Å². The number of β-amino-alcohol motifs (C(OH)–C–C–N with tert-alkyl or cyclic N) is 1. The number of piperazine rings is 2. The molecule has 8 atom stereocenters.